The van der Waals surface area contributed by atoms with Crippen molar-refractivity contribution in [2.24, 2.45) is 0 Å². The van der Waals surface area contributed by atoms with Crippen LogP contribution in [-0.2, 0) is 4.79 Å². The number of nitriles is 1. The van der Waals surface area contributed by atoms with E-state index in [9.17, 15) is 10.1 Å². The van der Waals surface area contributed by atoms with Crippen LogP contribution in [0.25, 0.3) is 0 Å². The minimum Gasteiger partial charge on any atom is -0.349 e. The molecule has 0 bridgehead atoms. The van der Waals surface area contributed by atoms with Crippen LogP contribution in [0.4, 0.5) is 0 Å². The lowest BCUT2D eigenvalue weighted by molar-refractivity contribution is -0.119. The van der Waals surface area contributed by atoms with E-state index in [-0.39, 0.29) is 17.7 Å². The molecule has 2 aromatic rings. The normalized spacial score (nSPS) is 11.7. The highest BCUT2D eigenvalue weighted by molar-refractivity contribution is 9.10. The number of benzene rings is 1. The Hall–Kier alpha value is -1.84. The number of thioether (sulfide) groups is 1. The topological polar surface area (TPSA) is 65.8 Å². The smallest absolute Gasteiger partial charge is 0.230 e. The van der Waals surface area contributed by atoms with Crippen molar-refractivity contribution < 1.29 is 4.79 Å². The van der Waals surface area contributed by atoms with E-state index >= 15 is 0 Å². The second-order valence-corrected chi connectivity index (χ2v) is 7.75. The Morgan fingerprint density at radius 2 is 1.92 bits per heavy atom. The molecule has 1 N–H and O–H groups in total. The molecule has 1 aromatic heterocycles. The number of amides is 1. The SMILES string of the molecule is Cc1nc(SCC(=O)NC(C)c2ccc(Br)cc2)c(C#N)c(C)c1C. The number of aromatic nitrogens is 1. The van der Waals surface area contributed by atoms with E-state index in [0.29, 0.717) is 10.6 Å². The molecule has 1 unspecified atom stereocenters. The Balaban J connectivity index is 2.03. The second-order valence-electron chi connectivity index (χ2n) is 5.87. The number of carbonyl (C=O) groups is 1. The molecule has 0 saturated heterocycles. The van der Waals surface area contributed by atoms with Gasteiger partial charge < -0.3 is 5.32 Å². The second kappa shape index (κ2) is 8.50. The average molecular weight is 418 g/mol. The highest BCUT2D eigenvalue weighted by Crippen LogP contribution is 2.26. The van der Waals surface area contributed by atoms with Crippen molar-refractivity contribution in [3.05, 3.63) is 56.7 Å². The van der Waals surface area contributed by atoms with E-state index in [0.717, 1.165) is 26.9 Å². The third kappa shape index (κ3) is 4.83. The molecule has 0 spiro atoms. The molecule has 4 nitrogen and oxygen atoms in total. The molecule has 0 radical (unpaired) electrons. The lowest BCUT2D eigenvalue weighted by Gasteiger charge is -2.15. The predicted octanol–water partition coefficient (Wildman–Crippen LogP) is 4.61. The highest BCUT2D eigenvalue weighted by Gasteiger charge is 2.15. The molecule has 0 aliphatic rings. The Morgan fingerprint density at radius 1 is 1.28 bits per heavy atom. The predicted molar refractivity (Wildman–Crippen MR) is 105 cm³/mol. The summed E-state index contributed by atoms with van der Waals surface area (Å²) in [4.78, 5) is 16.7. The van der Waals surface area contributed by atoms with Crippen LogP contribution < -0.4 is 5.32 Å². The van der Waals surface area contributed by atoms with Gasteiger partial charge in [-0.2, -0.15) is 5.26 Å². The number of halogens is 1. The largest absolute Gasteiger partial charge is 0.349 e. The summed E-state index contributed by atoms with van der Waals surface area (Å²) >= 11 is 4.71. The molecule has 130 valence electrons. The fourth-order valence-corrected chi connectivity index (χ4v) is 3.56. The van der Waals surface area contributed by atoms with Crippen LogP contribution in [0.1, 0.15) is 40.9 Å². The van der Waals surface area contributed by atoms with Crippen molar-refractivity contribution >= 4 is 33.6 Å². The summed E-state index contributed by atoms with van der Waals surface area (Å²) in [7, 11) is 0. The Labute approximate surface area is 161 Å². The number of nitrogens with zero attached hydrogens (tertiary/aromatic N) is 2. The van der Waals surface area contributed by atoms with E-state index in [1.54, 1.807) is 0 Å². The van der Waals surface area contributed by atoms with Gasteiger partial charge in [0.1, 0.15) is 11.1 Å². The maximum atomic E-state index is 12.3. The van der Waals surface area contributed by atoms with Crippen molar-refractivity contribution in [2.75, 3.05) is 5.75 Å². The molecule has 1 aromatic carbocycles. The summed E-state index contributed by atoms with van der Waals surface area (Å²) in [5, 5.41) is 13.0. The van der Waals surface area contributed by atoms with Crippen molar-refractivity contribution in [3.8, 4) is 6.07 Å². The molecule has 1 atom stereocenters. The van der Waals surface area contributed by atoms with Crippen molar-refractivity contribution in [3.63, 3.8) is 0 Å². The summed E-state index contributed by atoms with van der Waals surface area (Å²) < 4.78 is 1.01. The average Bonchev–Trinajstić information content (AvgIpc) is 2.58. The number of carbonyl (C=O) groups excluding carboxylic acids is 1. The molecular weight excluding hydrogens is 398 g/mol. The molecule has 0 saturated carbocycles. The molecule has 0 aliphatic heterocycles. The standard InChI is InChI=1S/C19H20BrN3OS/c1-11-12(2)17(9-21)19(23-13(11)3)25-10-18(24)22-14(4)15-5-7-16(20)8-6-15/h5-8,14H,10H2,1-4H3,(H,22,24). The van der Waals surface area contributed by atoms with Crippen LogP contribution in [0.15, 0.2) is 33.8 Å². The Morgan fingerprint density at radius 3 is 2.52 bits per heavy atom. The fourth-order valence-electron chi connectivity index (χ4n) is 2.40. The van der Waals surface area contributed by atoms with Gasteiger partial charge >= 0.3 is 0 Å². The van der Waals surface area contributed by atoms with Crippen molar-refractivity contribution in [1.82, 2.24) is 10.3 Å². The maximum Gasteiger partial charge on any atom is 0.230 e. The fraction of sp³-hybridized carbons (Fsp3) is 0.316. The summed E-state index contributed by atoms with van der Waals surface area (Å²) in [5.41, 5.74) is 4.44. The molecule has 1 amide bonds. The molecule has 1 heterocycles. The summed E-state index contributed by atoms with van der Waals surface area (Å²) in [5.74, 6) is 0.145. The molecule has 0 fully saturated rings. The van der Waals surface area contributed by atoms with Crippen molar-refractivity contribution in [1.29, 1.82) is 5.26 Å². The van der Waals surface area contributed by atoms with Gasteiger partial charge in [-0.1, -0.05) is 39.8 Å². The number of aryl methyl sites for hydroxylation is 1. The lowest BCUT2D eigenvalue weighted by atomic mass is 10.1. The number of hydrogen-bond donors (Lipinski definition) is 1. The maximum absolute atomic E-state index is 12.3. The number of nitrogens with one attached hydrogen (secondary N) is 1. The van der Waals surface area contributed by atoms with Crippen LogP contribution in [0, 0.1) is 32.1 Å². The van der Waals surface area contributed by atoms with Gasteiger partial charge in [-0.15, -0.1) is 0 Å². The van der Waals surface area contributed by atoms with E-state index in [1.165, 1.54) is 11.8 Å². The minimum absolute atomic E-state index is 0.0777. The van der Waals surface area contributed by atoms with Crippen LogP contribution in [0.2, 0.25) is 0 Å². The van der Waals surface area contributed by atoms with Crippen LogP contribution in [0.5, 0.6) is 0 Å². The summed E-state index contributed by atoms with van der Waals surface area (Å²) in [6, 6.07) is 9.99. The quantitative estimate of drug-likeness (QED) is 0.721. The third-order valence-electron chi connectivity index (χ3n) is 4.16. The van der Waals surface area contributed by atoms with Gasteiger partial charge in [-0.05, 0) is 56.5 Å². The summed E-state index contributed by atoms with van der Waals surface area (Å²) in [6.07, 6.45) is 0. The first-order chi connectivity index (χ1) is 11.8. The Bertz CT molecular complexity index is 828. The minimum atomic E-state index is -0.0815. The van der Waals surface area contributed by atoms with E-state index in [1.807, 2.05) is 52.0 Å². The zero-order valence-electron chi connectivity index (χ0n) is 14.7. The number of pyridine rings is 1. The van der Waals surface area contributed by atoms with Crippen LogP contribution in [-0.4, -0.2) is 16.6 Å². The van der Waals surface area contributed by atoms with Gasteiger partial charge in [-0.25, -0.2) is 4.98 Å². The summed E-state index contributed by atoms with van der Waals surface area (Å²) in [6.45, 7) is 7.75. The molecular formula is C19H20BrN3OS. The zero-order chi connectivity index (χ0) is 18.6. The first kappa shape index (κ1) is 19.5. The van der Waals surface area contributed by atoms with Crippen molar-refractivity contribution in [2.45, 2.75) is 38.8 Å². The monoisotopic (exact) mass is 417 g/mol. The number of hydrogen-bond acceptors (Lipinski definition) is 4. The molecule has 25 heavy (non-hydrogen) atoms. The van der Waals surface area contributed by atoms with Gasteiger partial charge in [0.2, 0.25) is 5.91 Å². The van der Waals surface area contributed by atoms with E-state index in [2.05, 4.69) is 32.3 Å². The Kier molecular flexibility index (Phi) is 6.63. The first-order valence-corrected chi connectivity index (χ1v) is 9.66. The van der Waals surface area contributed by atoms with Crippen LogP contribution >= 0.6 is 27.7 Å². The van der Waals surface area contributed by atoms with Gasteiger partial charge in [0, 0.05) is 10.2 Å². The van der Waals surface area contributed by atoms with Crippen LogP contribution in [0.3, 0.4) is 0 Å². The van der Waals surface area contributed by atoms with E-state index < -0.39 is 0 Å². The van der Waals surface area contributed by atoms with E-state index in [4.69, 9.17) is 0 Å². The third-order valence-corrected chi connectivity index (χ3v) is 5.67. The van der Waals surface area contributed by atoms with Gasteiger partial charge in [0.25, 0.3) is 0 Å². The number of rotatable bonds is 5. The lowest BCUT2D eigenvalue weighted by Crippen LogP contribution is -2.28. The highest BCUT2D eigenvalue weighted by atomic mass is 79.9. The first-order valence-electron chi connectivity index (χ1n) is 7.89. The van der Waals surface area contributed by atoms with Gasteiger partial charge in [0.15, 0.2) is 0 Å². The molecule has 6 heteroatoms. The molecule has 0 aliphatic carbocycles. The van der Waals surface area contributed by atoms with Gasteiger partial charge in [-0.3, -0.25) is 4.79 Å². The molecule has 2 rings (SSSR count). The zero-order valence-corrected chi connectivity index (χ0v) is 17.1. The van der Waals surface area contributed by atoms with Gasteiger partial charge in [0.05, 0.1) is 17.4 Å².